The van der Waals surface area contributed by atoms with Gasteiger partial charge < -0.3 is 5.11 Å². The predicted molar refractivity (Wildman–Crippen MR) is 253 cm³/mol. The molecule has 1 N–H and O–H groups in total. The molecule has 3 rings (SSSR count). The fourth-order valence-electron chi connectivity index (χ4n) is 3.31. The van der Waals surface area contributed by atoms with Crippen molar-refractivity contribution in [3.63, 3.8) is 0 Å². The summed E-state index contributed by atoms with van der Waals surface area (Å²) in [5, 5.41) is 8.13. The SMILES string of the molecule is C.C.C.CC(=O)S.CC(=O)SCC(=O)/C=C/C=C/C=C/c1ccccc1.O=C(/C=C/C=C/C=C/c1ccccc1)CCl.O=C(O)/C=C/C=C/C=C/c1ccccc1. The fourth-order valence-corrected chi connectivity index (χ4v) is 3.84. The number of thiol groups is 1. The fraction of sp³-hybridized carbons (Fsp3) is 0.146. The number of carboxylic acid groups (broad SMARTS) is 1. The van der Waals surface area contributed by atoms with Crippen LogP contribution in [0, 0.1) is 0 Å². The summed E-state index contributed by atoms with van der Waals surface area (Å²) in [5.74, 6) is -0.842. The molecule has 0 fully saturated rings. The number of aliphatic carboxylic acids is 1. The van der Waals surface area contributed by atoms with Gasteiger partial charge in [0.25, 0.3) is 0 Å². The first-order valence-corrected chi connectivity index (χ1v) is 18.4. The Balaban J connectivity index is -0.000000346. The predicted octanol–water partition coefficient (Wildman–Crippen LogP) is 12.5. The van der Waals surface area contributed by atoms with E-state index >= 15 is 0 Å². The maximum absolute atomic E-state index is 11.3. The minimum atomic E-state index is -0.938. The van der Waals surface area contributed by atoms with E-state index < -0.39 is 5.97 Å². The van der Waals surface area contributed by atoms with Gasteiger partial charge in [-0.05, 0) is 28.8 Å². The summed E-state index contributed by atoms with van der Waals surface area (Å²) in [7, 11) is 0. The molecule has 0 aromatic heterocycles. The van der Waals surface area contributed by atoms with E-state index in [4.69, 9.17) is 16.7 Å². The third-order valence-electron chi connectivity index (χ3n) is 5.62. The van der Waals surface area contributed by atoms with Crippen LogP contribution in [0.15, 0.2) is 182 Å². The van der Waals surface area contributed by atoms with E-state index in [0.29, 0.717) is 0 Å². The molecule has 0 saturated carbocycles. The minimum absolute atomic E-state index is 0. The number of thioether (sulfide) groups is 1. The Kier molecular flexibility index (Phi) is 42.5. The molecule has 0 bridgehead atoms. The number of carboxylic acids is 1. The molecule has 0 aliphatic rings. The molecule has 304 valence electrons. The van der Waals surface area contributed by atoms with E-state index in [1.165, 1.54) is 32.1 Å². The average molecular weight is 830 g/mol. The molecule has 0 atom stereocenters. The molecule has 0 unspecified atom stereocenters. The number of alkyl halides is 1. The molecule has 0 aliphatic carbocycles. The number of carbonyl (C=O) groups excluding carboxylic acids is 4. The Morgan fingerprint density at radius 1 is 0.526 bits per heavy atom. The number of carbonyl (C=O) groups is 5. The van der Waals surface area contributed by atoms with Gasteiger partial charge in [-0.1, -0.05) is 216 Å². The zero-order valence-electron chi connectivity index (χ0n) is 30.2. The Morgan fingerprint density at radius 2 is 0.825 bits per heavy atom. The summed E-state index contributed by atoms with van der Waals surface area (Å²) in [6.45, 7) is 2.85. The normalized spacial score (nSPS) is 10.7. The van der Waals surface area contributed by atoms with Crippen molar-refractivity contribution >= 4 is 82.0 Å². The number of benzene rings is 3. The topological polar surface area (TPSA) is 106 Å². The highest BCUT2D eigenvalue weighted by Gasteiger charge is 1.98. The van der Waals surface area contributed by atoms with Gasteiger partial charge in [-0.3, -0.25) is 19.2 Å². The Hall–Kier alpha value is -5.54. The zero-order chi connectivity index (χ0) is 40.1. The first-order valence-electron chi connectivity index (χ1n) is 16.4. The van der Waals surface area contributed by atoms with Gasteiger partial charge in [0.05, 0.1) is 11.6 Å². The van der Waals surface area contributed by atoms with Crippen LogP contribution in [-0.2, 0) is 24.0 Å². The molecule has 9 heteroatoms. The van der Waals surface area contributed by atoms with E-state index in [9.17, 15) is 24.0 Å². The van der Waals surface area contributed by atoms with E-state index in [2.05, 4.69) is 12.6 Å². The molecule has 0 aliphatic heterocycles. The third-order valence-corrected chi connectivity index (χ3v) is 6.72. The first kappa shape index (κ1) is 58.2. The van der Waals surface area contributed by atoms with Crippen LogP contribution in [0.1, 0.15) is 52.8 Å². The quantitative estimate of drug-likeness (QED) is 0.0680. The monoisotopic (exact) mass is 828 g/mol. The molecule has 0 heterocycles. The lowest BCUT2D eigenvalue weighted by molar-refractivity contribution is -0.131. The van der Waals surface area contributed by atoms with Crippen LogP contribution in [-0.4, -0.2) is 44.5 Å². The second kappa shape index (κ2) is 41.6. The molecular formula is C48H57ClO6S2. The highest BCUT2D eigenvalue weighted by atomic mass is 35.5. The average Bonchev–Trinajstić information content (AvgIpc) is 3.16. The summed E-state index contributed by atoms with van der Waals surface area (Å²) in [4.78, 5) is 52.2. The zero-order valence-corrected chi connectivity index (χ0v) is 32.7. The summed E-state index contributed by atoms with van der Waals surface area (Å²) in [5.41, 5.74) is 3.39. The number of rotatable bonds is 15. The van der Waals surface area contributed by atoms with Crippen molar-refractivity contribution in [2.45, 2.75) is 36.1 Å². The van der Waals surface area contributed by atoms with E-state index in [0.717, 1.165) is 34.5 Å². The van der Waals surface area contributed by atoms with Crippen LogP contribution in [0.2, 0.25) is 0 Å². The van der Waals surface area contributed by atoms with E-state index in [1.807, 2.05) is 140 Å². The van der Waals surface area contributed by atoms with Crippen molar-refractivity contribution in [1.82, 2.24) is 0 Å². The Bertz CT molecular complexity index is 1800. The van der Waals surface area contributed by atoms with Gasteiger partial charge in [-0.15, -0.1) is 24.2 Å². The van der Waals surface area contributed by atoms with Crippen LogP contribution in [0.3, 0.4) is 0 Å². The van der Waals surface area contributed by atoms with Crippen LogP contribution >= 0.6 is 36.0 Å². The van der Waals surface area contributed by atoms with E-state index in [1.54, 1.807) is 36.5 Å². The molecule has 0 spiro atoms. The van der Waals surface area contributed by atoms with Crippen molar-refractivity contribution in [1.29, 1.82) is 0 Å². The lowest BCUT2D eigenvalue weighted by Crippen LogP contribution is -1.98. The summed E-state index contributed by atoms with van der Waals surface area (Å²) >= 11 is 9.69. The minimum Gasteiger partial charge on any atom is -0.478 e. The molecule has 57 heavy (non-hydrogen) atoms. The van der Waals surface area contributed by atoms with Gasteiger partial charge in [0.1, 0.15) is 0 Å². The lowest BCUT2D eigenvalue weighted by atomic mass is 10.2. The van der Waals surface area contributed by atoms with Gasteiger partial charge in [0.2, 0.25) is 0 Å². The first-order chi connectivity index (χ1) is 26.0. The molecule has 3 aromatic carbocycles. The highest BCUT2D eigenvalue weighted by molar-refractivity contribution is 8.14. The van der Waals surface area contributed by atoms with Crippen LogP contribution in [0.5, 0.6) is 0 Å². The van der Waals surface area contributed by atoms with Crippen molar-refractivity contribution in [2.24, 2.45) is 0 Å². The Labute approximate surface area is 356 Å². The van der Waals surface area contributed by atoms with Crippen LogP contribution in [0.4, 0.5) is 0 Å². The second-order valence-electron chi connectivity index (χ2n) is 10.2. The highest BCUT2D eigenvalue weighted by Crippen LogP contribution is 2.03. The van der Waals surface area contributed by atoms with Crippen molar-refractivity contribution < 1.29 is 29.1 Å². The number of allylic oxidation sites excluding steroid dienone is 14. The summed E-state index contributed by atoms with van der Waals surface area (Å²) in [6.07, 6.45) is 31.3. The number of halogens is 1. The Morgan fingerprint density at radius 3 is 1.12 bits per heavy atom. The maximum atomic E-state index is 11.3. The van der Waals surface area contributed by atoms with Gasteiger partial charge in [-0.25, -0.2) is 4.79 Å². The molecule has 0 saturated heterocycles. The second-order valence-corrected chi connectivity index (χ2v) is 12.3. The molecular weight excluding hydrogens is 772 g/mol. The smallest absolute Gasteiger partial charge is 0.328 e. The maximum Gasteiger partial charge on any atom is 0.328 e. The third kappa shape index (κ3) is 43.1. The number of hydrogen-bond acceptors (Lipinski definition) is 6. The summed E-state index contributed by atoms with van der Waals surface area (Å²) in [6, 6.07) is 29.9. The molecule has 3 aromatic rings. The lowest BCUT2D eigenvalue weighted by Gasteiger charge is -1.90. The molecule has 6 nitrogen and oxygen atoms in total. The van der Waals surface area contributed by atoms with Crippen molar-refractivity contribution in [3.05, 3.63) is 199 Å². The van der Waals surface area contributed by atoms with Gasteiger partial charge in [0.15, 0.2) is 21.8 Å². The van der Waals surface area contributed by atoms with Crippen molar-refractivity contribution in [3.8, 4) is 0 Å². The molecule has 0 amide bonds. The standard InChI is InChI=1S/C16H16O2S.C14H13ClO.C13H12O2.C2H4OS.3CH4/c1-14(17)19-13-16(18)12-8-3-2-5-9-15-10-6-4-7-11-15;15-12-14(16)11-7-2-1-4-8-13-9-5-3-6-10-13;14-13(15)11-7-2-1-4-8-12-9-5-3-6-10-12;1-2(3)4;;;/h2-12H,13H2,1H3;1-11H,12H2;1-11H,(H,14,15);1H3,(H,3,4);3*1H4/b3-2+,9-5+,12-8+;2*2-1+,8-4+,11-7+;;;;. The van der Waals surface area contributed by atoms with Gasteiger partial charge in [-0.2, -0.15) is 0 Å². The van der Waals surface area contributed by atoms with Gasteiger partial charge in [0, 0.05) is 19.9 Å². The van der Waals surface area contributed by atoms with Crippen LogP contribution < -0.4 is 0 Å². The van der Waals surface area contributed by atoms with Crippen molar-refractivity contribution in [2.75, 3.05) is 11.6 Å². The van der Waals surface area contributed by atoms with E-state index in [-0.39, 0.29) is 55.7 Å². The van der Waals surface area contributed by atoms with Crippen LogP contribution in [0.25, 0.3) is 18.2 Å². The summed E-state index contributed by atoms with van der Waals surface area (Å²) < 4.78 is 0. The number of ketones is 2. The van der Waals surface area contributed by atoms with Gasteiger partial charge >= 0.3 is 5.97 Å². The largest absolute Gasteiger partial charge is 0.478 e. The number of hydrogen-bond donors (Lipinski definition) is 2. The molecule has 0 radical (unpaired) electrons.